The average molecular weight is 274 g/mol. The molecule has 0 saturated heterocycles. The molecular weight excluding hydrogens is 256 g/mol. The predicted octanol–water partition coefficient (Wildman–Crippen LogP) is 2.36. The predicted molar refractivity (Wildman–Crippen MR) is 76.7 cm³/mol. The van der Waals surface area contributed by atoms with Crippen LogP contribution in [0.5, 0.6) is 5.75 Å². The van der Waals surface area contributed by atoms with Crippen molar-refractivity contribution in [3.05, 3.63) is 48.4 Å². The van der Waals surface area contributed by atoms with Crippen molar-refractivity contribution in [3.8, 4) is 5.75 Å². The molecule has 0 saturated carbocycles. The SMILES string of the molecule is COc1ccccc1NC(=O)CN(C)Cc1ccco1. The molecule has 0 aliphatic rings. The molecule has 0 spiro atoms. The molecule has 20 heavy (non-hydrogen) atoms. The third-order valence-corrected chi connectivity index (χ3v) is 2.80. The number of carbonyl (C=O) groups excluding carboxylic acids is 1. The summed E-state index contributed by atoms with van der Waals surface area (Å²) in [5.74, 6) is 1.38. The minimum absolute atomic E-state index is 0.0939. The average Bonchev–Trinajstić information content (AvgIpc) is 2.91. The minimum atomic E-state index is -0.0939. The van der Waals surface area contributed by atoms with E-state index in [9.17, 15) is 4.79 Å². The lowest BCUT2D eigenvalue weighted by atomic mass is 10.3. The summed E-state index contributed by atoms with van der Waals surface area (Å²) >= 11 is 0. The van der Waals surface area contributed by atoms with Crippen molar-refractivity contribution in [2.45, 2.75) is 6.54 Å². The maximum atomic E-state index is 12.0. The van der Waals surface area contributed by atoms with Gasteiger partial charge in [-0.2, -0.15) is 0 Å². The van der Waals surface area contributed by atoms with Crippen LogP contribution in [0.25, 0.3) is 0 Å². The van der Waals surface area contributed by atoms with E-state index in [1.165, 1.54) is 0 Å². The number of likely N-dealkylation sites (N-methyl/N-ethyl adjacent to an activating group) is 1. The van der Waals surface area contributed by atoms with E-state index in [0.717, 1.165) is 5.76 Å². The molecule has 2 aromatic rings. The van der Waals surface area contributed by atoms with Crippen molar-refractivity contribution in [1.29, 1.82) is 0 Å². The number of ether oxygens (including phenoxy) is 1. The third kappa shape index (κ3) is 3.86. The van der Waals surface area contributed by atoms with Gasteiger partial charge >= 0.3 is 0 Å². The van der Waals surface area contributed by atoms with Crippen LogP contribution < -0.4 is 10.1 Å². The topological polar surface area (TPSA) is 54.7 Å². The van der Waals surface area contributed by atoms with Crippen LogP contribution in [0.3, 0.4) is 0 Å². The second kappa shape index (κ2) is 6.77. The van der Waals surface area contributed by atoms with E-state index < -0.39 is 0 Å². The van der Waals surface area contributed by atoms with Crippen LogP contribution in [0, 0.1) is 0 Å². The van der Waals surface area contributed by atoms with E-state index in [1.54, 1.807) is 13.4 Å². The first-order chi connectivity index (χ1) is 9.69. The molecule has 1 amide bonds. The fourth-order valence-corrected chi connectivity index (χ4v) is 1.91. The van der Waals surface area contributed by atoms with Gasteiger partial charge in [0.2, 0.25) is 5.91 Å². The quantitative estimate of drug-likeness (QED) is 0.878. The maximum Gasteiger partial charge on any atom is 0.238 e. The van der Waals surface area contributed by atoms with Gasteiger partial charge < -0.3 is 14.5 Å². The first-order valence-electron chi connectivity index (χ1n) is 6.33. The second-order valence-electron chi connectivity index (χ2n) is 4.50. The number of para-hydroxylation sites is 2. The summed E-state index contributed by atoms with van der Waals surface area (Å²) in [5, 5.41) is 2.84. The van der Waals surface area contributed by atoms with Gasteiger partial charge in [0, 0.05) is 0 Å². The highest BCUT2D eigenvalue weighted by Gasteiger charge is 2.10. The van der Waals surface area contributed by atoms with E-state index in [0.29, 0.717) is 18.0 Å². The van der Waals surface area contributed by atoms with Gasteiger partial charge in [-0.1, -0.05) is 12.1 Å². The van der Waals surface area contributed by atoms with Gasteiger partial charge in [0.15, 0.2) is 0 Å². The molecule has 1 aromatic carbocycles. The van der Waals surface area contributed by atoms with E-state index in [-0.39, 0.29) is 12.5 Å². The Kier molecular flexibility index (Phi) is 4.79. The Balaban J connectivity index is 1.88. The number of furan rings is 1. The Labute approximate surface area is 118 Å². The lowest BCUT2D eigenvalue weighted by Gasteiger charge is -2.15. The fourth-order valence-electron chi connectivity index (χ4n) is 1.91. The zero-order valence-electron chi connectivity index (χ0n) is 11.6. The highest BCUT2D eigenvalue weighted by Crippen LogP contribution is 2.22. The maximum absolute atomic E-state index is 12.0. The van der Waals surface area contributed by atoms with Gasteiger partial charge in [0.25, 0.3) is 0 Å². The largest absolute Gasteiger partial charge is 0.495 e. The Morgan fingerprint density at radius 3 is 2.80 bits per heavy atom. The molecule has 1 N–H and O–H groups in total. The van der Waals surface area contributed by atoms with Crippen LogP contribution >= 0.6 is 0 Å². The highest BCUT2D eigenvalue weighted by molar-refractivity contribution is 5.93. The summed E-state index contributed by atoms with van der Waals surface area (Å²) in [6.07, 6.45) is 1.62. The smallest absolute Gasteiger partial charge is 0.238 e. The lowest BCUT2D eigenvalue weighted by molar-refractivity contribution is -0.117. The molecule has 0 radical (unpaired) electrons. The lowest BCUT2D eigenvalue weighted by Crippen LogP contribution is -2.29. The van der Waals surface area contributed by atoms with Crippen LogP contribution in [-0.2, 0) is 11.3 Å². The zero-order valence-corrected chi connectivity index (χ0v) is 11.6. The van der Waals surface area contributed by atoms with Gasteiger partial charge in [0.1, 0.15) is 11.5 Å². The van der Waals surface area contributed by atoms with Gasteiger partial charge in [-0.25, -0.2) is 0 Å². The summed E-state index contributed by atoms with van der Waals surface area (Å²) in [4.78, 5) is 13.9. The number of rotatable bonds is 6. The molecule has 106 valence electrons. The van der Waals surface area contributed by atoms with Crippen molar-refractivity contribution in [1.82, 2.24) is 4.90 Å². The van der Waals surface area contributed by atoms with Gasteiger partial charge in [0.05, 0.1) is 32.1 Å². The molecule has 0 unspecified atom stereocenters. The fraction of sp³-hybridized carbons (Fsp3) is 0.267. The minimum Gasteiger partial charge on any atom is -0.495 e. The summed E-state index contributed by atoms with van der Waals surface area (Å²) in [6.45, 7) is 0.866. The number of anilines is 1. The van der Waals surface area contributed by atoms with Crippen LogP contribution in [0.2, 0.25) is 0 Å². The molecular formula is C15H18N2O3. The molecule has 1 heterocycles. The van der Waals surface area contributed by atoms with E-state index in [1.807, 2.05) is 48.3 Å². The Morgan fingerprint density at radius 2 is 2.10 bits per heavy atom. The van der Waals surface area contributed by atoms with Gasteiger partial charge in [-0.3, -0.25) is 9.69 Å². The Morgan fingerprint density at radius 1 is 1.30 bits per heavy atom. The highest BCUT2D eigenvalue weighted by atomic mass is 16.5. The van der Waals surface area contributed by atoms with Crippen LogP contribution in [0.1, 0.15) is 5.76 Å². The third-order valence-electron chi connectivity index (χ3n) is 2.80. The molecule has 5 heteroatoms. The van der Waals surface area contributed by atoms with E-state index in [4.69, 9.17) is 9.15 Å². The number of amides is 1. The van der Waals surface area contributed by atoms with Crippen LogP contribution in [0.15, 0.2) is 47.1 Å². The van der Waals surface area contributed by atoms with Crippen molar-refractivity contribution in [2.24, 2.45) is 0 Å². The molecule has 5 nitrogen and oxygen atoms in total. The zero-order chi connectivity index (χ0) is 14.4. The summed E-state index contributed by atoms with van der Waals surface area (Å²) in [7, 11) is 3.44. The number of carbonyl (C=O) groups is 1. The monoisotopic (exact) mass is 274 g/mol. The van der Waals surface area contributed by atoms with Crippen molar-refractivity contribution in [3.63, 3.8) is 0 Å². The number of nitrogens with zero attached hydrogens (tertiary/aromatic N) is 1. The molecule has 2 rings (SSSR count). The van der Waals surface area contributed by atoms with Gasteiger partial charge in [-0.15, -0.1) is 0 Å². The summed E-state index contributed by atoms with van der Waals surface area (Å²) in [5.41, 5.74) is 0.673. The summed E-state index contributed by atoms with van der Waals surface area (Å²) in [6, 6.07) is 11.0. The van der Waals surface area contributed by atoms with Crippen LogP contribution in [0.4, 0.5) is 5.69 Å². The van der Waals surface area contributed by atoms with E-state index >= 15 is 0 Å². The van der Waals surface area contributed by atoms with E-state index in [2.05, 4.69) is 5.32 Å². The van der Waals surface area contributed by atoms with Crippen molar-refractivity contribution < 1.29 is 13.9 Å². The van der Waals surface area contributed by atoms with Crippen molar-refractivity contribution >= 4 is 11.6 Å². The molecule has 0 fully saturated rings. The number of nitrogens with one attached hydrogen (secondary N) is 1. The number of methoxy groups -OCH3 is 1. The number of hydrogen-bond donors (Lipinski definition) is 1. The molecule has 0 atom stereocenters. The molecule has 0 aliphatic heterocycles. The standard InChI is InChI=1S/C15H18N2O3/c1-17(10-12-6-5-9-20-12)11-15(18)16-13-7-3-4-8-14(13)19-2/h3-9H,10-11H2,1-2H3,(H,16,18). The summed E-state index contributed by atoms with van der Waals surface area (Å²) < 4.78 is 10.4. The Bertz CT molecular complexity index is 552. The molecule has 0 bridgehead atoms. The Hall–Kier alpha value is -2.27. The number of benzene rings is 1. The molecule has 1 aromatic heterocycles. The number of hydrogen-bond acceptors (Lipinski definition) is 4. The normalized spacial score (nSPS) is 10.6. The van der Waals surface area contributed by atoms with Crippen LogP contribution in [-0.4, -0.2) is 31.5 Å². The second-order valence-corrected chi connectivity index (χ2v) is 4.50. The molecule has 0 aliphatic carbocycles. The van der Waals surface area contributed by atoms with Crippen molar-refractivity contribution in [2.75, 3.05) is 26.0 Å². The first kappa shape index (κ1) is 14.1. The first-order valence-corrected chi connectivity index (χ1v) is 6.33. The van der Waals surface area contributed by atoms with Gasteiger partial charge in [-0.05, 0) is 31.3 Å².